The van der Waals surface area contributed by atoms with Gasteiger partial charge < -0.3 is 15.2 Å². The number of carbonyl (C=O) groups excluding carboxylic acids is 2. The number of aliphatic hydroxyl groups is 1. The molecule has 5 nitrogen and oxygen atoms in total. The van der Waals surface area contributed by atoms with Crippen molar-refractivity contribution in [1.29, 1.82) is 0 Å². The van der Waals surface area contributed by atoms with Crippen LogP contribution >= 0.6 is 0 Å². The molecule has 1 atom stereocenters. The van der Waals surface area contributed by atoms with Gasteiger partial charge in [0.2, 0.25) is 12.1 Å². The molecule has 0 fully saturated rings. The maximum absolute atomic E-state index is 11.5. The molecular formula is C12H15NO4. The average Bonchev–Trinajstić information content (AvgIpc) is 2.30. The number of ether oxygens (including phenoxy) is 1. The number of carbonyl (C=O) groups is 2. The van der Waals surface area contributed by atoms with Crippen molar-refractivity contribution >= 4 is 11.9 Å². The Bertz CT molecular complexity index is 377. The lowest BCUT2D eigenvalue weighted by Gasteiger charge is -2.11. The number of hydrogen-bond donors (Lipinski definition) is 2. The highest BCUT2D eigenvalue weighted by Crippen LogP contribution is 1.99. The number of benzene rings is 1. The second-order valence-electron chi connectivity index (χ2n) is 3.38. The van der Waals surface area contributed by atoms with Crippen LogP contribution in [0.5, 0.6) is 0 Å². The van der Waals surface area contributed by atoms with E-state index in [0.717, 1.165) is 5.56 Å². The SMILES string of the molecule is CCOC(=O)C(O)NC(=O)Cc1ccccc1. The average molecular weight is 237 g/mol. The third-order valence-corrected chi connectivity index (χ3v) is 2.02. The minimum Gasteiger partial charge on any atom is -0.463 e. The number of nitrogens with one attached hydrogen (secondary N) is 1. The van der Waals surface area contributed by atoms with Crippen molar-refractivity contribution < 1.29 is 19.4 Å². The minimum absolute atomic E-state index is 0.108. The summed E-state index contributed by atoms with van der Waals surface area (Å²) in [6.07, 6.45) is -1.50. The quantitative estimate of drug-likeness (QED) is 0.567. The minimum atomic E-state index is -1.61. The van der Waals surface area contributed by atoms with Gasteiger partial charge in [0.05, 0.1) is 13.0 Å². The van der Waals surface area contributed by atoms with E-state index >= 15 is 0 Å². The first-order valence-corrected chi connectivity index (χ1v) is 5.31. The number of hydrogen-bond acceptors (Lipinski definition) is 4. The van der Waals surface area contributed by atoms with E-state index in [1.807, 2.05) is 18.2 Å². The topological polar surface area (TPSA) is 75.6 Å². The van der Waals surface area contributed by atoms with Crippen LogP contribution in [0.15, 0.2) is 30.3 Å². The van der Waals surface area contributed by atoms with E-state index in [4.69, 9.17) is 0 Å². The molecule has 1 aromatic carbocycles. The Balaban J connectivity index is 2.42. The summed E-state index contributed by atoms with van der Waals surface area (Å²) >= 11 is 0. The van der Waals surface area contributed by atoms with Gasteiger partial charge in [-0.2, -0.15) is 0 Å². The first-order chi connectivity index (χ1) is 8.13. The Morgan fingerprint density at radius 3 is 2.59 bits per heavy atom. The van der Waals surface area contributed by atoms with Gasteiger partial charge in [-0.05, 0) is 12.5 Å². The van der Waals surface area contributed by atoms with Crippen molar-refractivity contribution in [2.24, 2.45) is 0 Å². The molecule has 1 amide bonds. The van der Waals surface area contributed by atoms with E-state index in [1.165, 1.54) is 0 Å². The molecule has 0 radical (unpaired) electrons. The van der Waals surface area contributed by atoms with E-state index < -0.39 is 18.1 Å². The molecule has 0 saturated heterocycles. The van der Waals surface area contributed by atoms with E-state index in [1.54, 1.807) is 19.1 Å². The van der Waals surface area contributed by atoms with Crippen molar-refractivity contribution in [3.05, 3.63) is 35.9 Å². The van der Waals surface area contributed by atoms with Gasteiger partial charge in [0.25, 0.3) is 0 Å². The maximum atomic E-state index is 11.5. The van der Waals surface area contributed by atoms with Crippen molar-refractivity contribution in [1.82, 2.24) is 5.32 Å². The summed E-state index contributed by atoms with van der Waals surface area (Å²) in [6.45, 7) is 1.78. The standard InChI is InChI=1S/C12H15NO4/c1-2-17-12(16)11(15)13-10(14)8-9-6-4-3-5-7-9/h3-7,11,15H,2,8H2,1H3,(H,13,14). The lowest BCUT2D eigenvalue weighted by Crippen LogP contribution is -2.42. The monoisotopic (exact) mass is 237 g/mol. The number of esters is 1. The van der Waals surface area contributed by atoms with Crippen molar-refractivity contribution in [2.75, 3.05) is 6.61 Å². The van der Waals surface area contributed by atoms with Crippen molar-refractivity contribution in [2.45, 2.75) is 19.6 Å². The molecule has 0 aliphatic carbocycles. The van der Waals surface area contributed by atoms with Crippen molar-refractivity contribution in [3.63, 3.8) is 0 Å². The molecule has 2 N–H and O–H groups in total. The third-order valence-electron chi connectivity index (χ3n) is 2.02. The molecule has 0 aliphatic rings. The molecule has 0 bridgehead atoms. The molecule has 0 aliphatic heterocycles. The summed E-state index contributed by atoms with van der Waals surface area (Å²) < 4.78 is 4.55. The summed E-state index contributed by atoms with van der Waals surface area (Å²) in [5, 5.41) is 11.4. The number of amides is 1. The first kappa shape index (κ1) is 13.2. The summed E-state index contributed by atoms with van der Waals surface area (Å²) in [5.41, 5.74) is 0.807. The van der Waals surface area contributed by atoms with E-state index in [0.29, 0.717) is 0 Å². The van der Waals surface area contributed by atoms with Gasteiger partial charge in [0.15, 0.2) is 0 Å². The lowest BCUT2D eigenvalue weighted by atomic mass is 10.1. The molecule has 17 heavy (non-hydrogen) atoms. The van der Waals surface area contributed by atoms with Crippen LogP contribution in [0.4, 0.5) is 0 Å². The van der Waals surface area contributed by atoms with Crippen LogP contribution in [-0.4, -0.2) is 29.8 Å². The van der Waals surface area contributed by atoms with Gasteiger partial charge in [-0.25, -0.2) is 4.79 Å². The second kappa shape index (κ2) is 6.65. The maximum Gasteiger partial charge on any atom is 0.356 e. The third kappa shape index (κ3) is 4.65. The van der Waals surface area contributed by atoms with Crippen LogP contribution in [0.25, 0.3) is 0 Å². The Morgan fingerprint density at radius 1 is 1.35 bits per heavy atom. The second-order valence-corrected chi connectivity index (χ2v) is 3.38. The summed E-state index contributed by atoms with van der Waals surface area (Å²) in [6, 6.07) is 9.04. The number of rotatable bonds is 5. The zero-order valence-electron chi connectivity index (χ0n) is 9.55. The fourth-order valence-corrected chi connectivity index (χ4v) is 1.26. The van der Waals surface area contributed by atoms with Gasteiger partial charge >= 0.3 is 5.97 Å². The fraction of sp³-hybridized carbons (Fsp3) is 0.333. The fourth-order valence-electron chi connectivity index (χ4n) is 1.26. The molecule has 1 unspecified atom stereocenters. The molecule has 1 aromatic rings. The molecule has 0 spiro atoms. The Kier molecular flexibility index (Phi) is 5.16. The predicted molar refractivity (Wildman–Crippen MR) is 60.9 cm³/mol. The van der Waals surface area contributed by atoms with Gasteiger partial charge in [0.1, 0.15) is 0 Å². The molecule has 0 saturated carbocycles. The highest BCUT2D eigenvalue weighted by atomic mass is 16.5. The van der Waals surface area contributed by atoms with Crippen LogP contribution in [0, 0.1) is 0 Å². The summed E-state index contributed by atoms with van der Waals surface area (Å²) in [5.74, 6) is -1.29. The Morgan fingerprint density at radius 2 is 2.00 bits per heavy atom. The van der Waals surface area contributed by atoms with Crippen LogP contribution in [0.2, 0.25) is 0 Å². The van der Waals surface area contributed by atoms with Gasteiger partial charge in [-0.3, -0.25) is 4.79 Å². The highest BCUT2D eigenvalue weighted by molar-refractivity contribution is 5.84. The molecule has 1 rings (SSSR count). The highest BCUT2D eigenvalue weighted by Gasteiger charge is 2.18. The van der Waals surface area contributed by atoms with E-state index in [9.17, 15) is 14.7 Å². The number of aliphatic hydroxyl groups excluding tert-OH is 1. The smallest absolute Gasteiger partial charge is 0.356 e. The van der Waals surface area contributed by atoms with Crippen molar-refractivity contribution in [3.8, 4) is 0 Å². The molecular weight excluding hydrogens is 222 g/mol. The first-order valence-electron chi connectivity index (χ1n) is 5.31. The molecule has 92 valence electrons. The van der Waals surface area contributed by atoms with Gasteiger partial charge in [-0.1, -0.05) is 30.3 Å². The summed E-state index contributed by atoms with van der Waals surface area (Å²) in [4.78, 5) is 22.5. The lowest BCUT2D eigenvalue weighted by molar-refractivity contribution is -0.157. The zero-order valence-corrected chi connectivity index (χ0v) is 9.55. The Labute approximate surface area is 99.4 Å². The van der Waals surface area contributed by atoms with Gasteiger partial charge in [-0.15, -0.1) is 0 Å². The summed E-state index contributed by atoms with van der Waals surface area (Å²) in [7, 11) is 0. The normalized spacial score (nSPS) is 11.6. The molecule has 0 aromatic heterocycles. The van der Waals surface area contributed by atoms with Crippen LogP contribution in [-0.2, 0) is 20.7 Å². The Hall–Kier alpha value is -1.88. The van der Waals surface area contributed by atoms with E-state index in [2.05, 4.69) is 10.1 Å². The largest absolute Gasteiger partial charge is 0.463 e. The van der Waals surface area contributed by atoms with Gasteiger partial charge in [0, 0.05) is 0 Å². The molecule has 5 heteroatoms. The molecule has 0 heterocycles. The van der Waals surface area contributed by atoms with Crippen LogP contribution in [0.3, 0.4) is 0 Å². The van der Waals surface area contributed by atoms with E-state index in [-0.39, 0.29) is 13.0 Å². The predicted octanol–water partition coefficient (Wildman–Crippen LogP) is 0.227. The van der Waals surface area contributed by atoms with Crippen LogP contribution in [0.1, 0.15) is 12.5 Å². The zero-order chi connectivity index (χ0) is 12.7. The van der Waals surface area contributed by atoms with Crippen LogP contribution < -0.4 is 5.32 Å².